The minimum absolute atomic E-state index is 0.0473. The third-order valence-corrected chi connectivity index (χ3v) is 7.48. The molecule has 1 atom stereocenters. The highest BCUT2D eigenvalue weighted by Crippen LogP contribution is 2.48. The third kappa shape index (κ3) is 5.91. The van der Waals surface area contributed by atoms with E-state index >= 15 is 4.39 Å². The molecule has 10 heteroatoms. The van der Waals surface area contributed by atoms with Crippen molar-refractivity contribution in [3.05, 3.63) is 77.0 Å². The van der Waals surface area contributed by atoms with Gasteiger partial charge in [0.2, 0.25) is 11.8 Å². The zero-order valence-electron chi connectivity index (χ0n) is 22.3. The predicted molar refractivity (Wildman–Crippen MR) is 147 cm³/mol. The molecule has 0 bridgehead atoms. The monoisotopic (exact) mass is 541 g/mol. The molecule has 2 aromatic carbocycles. The molecule has 1 aliphatic rings. The molecule has 0 aliphatic carbocycles. The largest absolute Gasteiger partial charge is 0.353 e. The summed E-state index contributed by atoms with van der Waals surface area (Å²) < 4.78 is 30.6. The minimum Gasteiger partial charge on any atom is -0.353 e. The molecule has 1 aromatic heterocycles. The number of benzene rings is 2. The summed E-state index contributed by atoms with van der Waals surface area (Å²) in [5, 5.41) is 7.24. The van der Waals surface area contributed by atoms with E-state index in [1.54, 1.807) is 35.0 Å². The van der Waals surface area contributed by atoms with Crippen LogP contribution in [0.25, 0.3) is 5.69 Å². The van der Waals surface area contributed by atoms with Crippen LogP contribution in [0.2, 0.25) is 0 Å². The minimum atomic E-state index is -0.541. The summed E-state index contributed by atoms with van der Waals surface area (Å²) in [6.07, 6.45) is 0. The quantitative estimate of drug-likeness (QED) is 0.483. The lowest BCUT2D eigenvalue weighted by molar-refractivity contribution is -0.122. The van der Waals surface area contributed by atoms with Gasteiger partial charge in [0.1, 0.15) is 24.0 Å². The Morgan fingerprint density at radius 3 is 2.45 bits per heavy atom. The zero-order chi connectivity index (χ0) is 27.6. The molecule has 0 unspecified atom stereocenters. The first-order valence-corrected chi connectivity index (χ1v) is 13.5. The molecule has 4 rings (SSSR count). The van der Waals surface area contributed by atoms with Gasteiger partial charge in [0.25, 0.3) is 0 Å². The molecule has 7 nitrogen and oxygen atoms in total. The van der Waals surface area contributed by atoms with Crippen molar-refractivity contribution >= 4 is 29.4 Å². The van der Waals surface area contributed by atoms with Crippen molar-refractivity contribution in [3.8, 4) is 5.69 Å². The van der Waals surface area contributed by atoms with Gasteiger partial charge in [-0.1, -0.05) is 39.0 Å². The number of nitrogens with one attached hydrogen (secondary N) is 1. The first-order valence-electron chi connectivity index (χ1n) is 12.4. The van der Waals surface area contributed by atoms with E-state index in [9.17, 15) is 14.0 Å². The predicted octanol–water partition coefficient (Wildman–Crippen LogP) is 4.30. The molecule has 0 saturated heterocycles. The van der Waals surface area contributed by atoms with Crippen LogP contribution in [0.1, 0.15) is 42.8 Å². The van der Waals surface area contributed by atoms with E-state index in [4.69, 9.17) is 5.10 Å². The molecular weight excluding hydrogens is 508 g/mol. The molecule has 2 amide bonds. The van der Waals surface area contributed by atoms with Crippen molar-refractivity contribution in [2.75, 3.05) is 44.4 Å². The lowest BCUT2D eigenvalue weighted by Crippen LogP contribution is -2.43. The van der Waals surface area contributed by atoms with Crippen LogP contribution < -0.4 is 10.2 Å². The van der Waals surface area contributed by atoms with Gasteiger partial charge in [-0.15, -0.1) is 11.8 Å². The van der Waals surface area contributed by atoms with E-state index < -0.39 is 16.5 Å². The van der Waals surface area contributed by atoms with E-state index in [-0.39, 0.29) is 29.9 Å². The summed E-state index contributed by atoms with van der Waals surface area (Å²) in [4.78, 5) is 29.9. The first kappa shape index (κ1) is 27.8. The topological polar surface area (TPSA) is 70.5 Å². The summed E-state index contributed by atoms with van der Waals surface area (Å²) in [5.41, 5.74) is 1.83. The van der Waals surface area contributed by atoms with Gasteiger partial charge in [-0.25, -0.2) is 13.5 Å². The molecule has 0 spiro atoms. The number of hydrogen-bond acceptors (Lipinski definition) is 5. The average molecular weight is 542 g/mol. The van der Waals surface area contributed by atoms with Crippen LogP contribution in [-0.2, 0) is 15.0 Å². The molecule has 202 valence electrons. The number of halogens is 2. The Hall–Kier alpha value is -3.24. The number of thioether (sulfide) groups is 1. The van der Waals surface area contributed by atoms with Crippen molar-refractivity contribution in [2.24, 2.45) is 0 Å². The molecule has 0 saturated carbocycles. The Morgan fingerprint density at radius 2 is 1.82 bits per heavy atom. The van der Waals surface area contributed by atoms with E-state index in [1.807, 2.05) is 39.8 Å². The molecule has 1 N–H and O–H groups in total. The lowest BCUT2D eigenvalue weighted by atomic mass is 9.87. The zero-order valence-corrected chi connectivity index (χ0v) is 23.1. The summed E-state index contributed by atoms with van der Waals surface area (Å²) in [6.45, 7) is 6.85. The number of likely N-dealkylation sites (N-methyl/N-ethyl adjacent to an activating group) is 1. The molecule has 0 fully saturated rings. The third-order valence-electron chi connectivity index (χ3n) is 6.24. The number of aromatic nitrogens is 2. The fourth-order valence-corrected chi connectivity index (χ4v) is 5.61. The lowest BCUT2D eigenvalue weighted by Gasteiger charge is -2.24. The second-order valence-corrected chi connectivity index (χ2v) is 11.7. The van der Waals surface area contributed by atoms with Crippen LogP contribution in [0.4, 0.5) is 14.6 Å². The normalized spacial score (nSPS) is 15.9. The molecule has 2 heterocycles. The van der Waals surface area contributed by atoms with Crippen LogP contribution in [0, 0.1) is 11.6 Å². The second-order valence-electron chi connectivity index (χ2n) is 10.6. The van der Waals surface area contributed by atoms with Gasteiger partial charge in [-0.3, -0.25) is 14.5 Å². The number of carbonyl (C=O) groups is 2. The Balaban J connectivity index is 1.93. The SMILES string of the molecule is CN(C)CCNC(=O)CN1C(=O)CS[C@H](c2ccccc2F)c2c(C(C)(C)C)nn(-c3ccc(F)cc3)c21. The fourth-order valence-electron chi connectivity index (χ4n) is 4.39. The van der Waals surface area contributed by atoms with Crippen molar-refractivity contribution in [3.63, 3.8) is 0 Å². The summed E-state index contributed by atoms with van der Waals surface area (Å²) in [7, 11) is 3.82. The van der Waals surface area contributed by atoms with Crippen molar-refractivity contribution in [2.45, 2.75) is 31.4 Å². The fraction of sp³-hybridized carbons (Fsp3) is 0.393. The van der Waals surface area contributed by atoms with Gasteiger partial charge in [0.15, 0.2) is 0 Å². The standard InChI is InChI=1S/C28H33F2N5O2S/c1-28(2,3)26-24-25(20-8-6-7-9-21(20)30)38-17-23(37)34(16-22(36)31-14-15-33(4)5)27(24)35(32-26)19-12-10-18(29)11-13-19/h6-13,25H,14-17H2,1-5H3,(H,31,36)/t25-/m1/s1. The number of amides is 2. The summed E-state index contributed by atoms with van der Waals surface area (Å²) >= 11 is 1.31. The van der Waals surface area contributed by atoms with E-state index in [2.05, 4.69) is 5.32 Å². The highest BCUT2D eigenvalue weighted by molar-refractivity contribution is 8.00. The number of carbonyl (C=O) groups excluding carboxylic acids is 2. The van der Waals surface area contributed by atoms with Gasteiger partial charge >= 0.3 is 0 Å². The second kappa shape index (κ2) is 11.2. The van der Waals surface area contributed by atoms with Gasteiger partial charge in [0.05, 0.1) is 22.4 Å². The van der Waals surface area contributed by atoms with Gasteiger partial charge in [-0.2, -0.15) is 5.10 Å². The maximum Gasteiger partial charge on any atom is 0.240 e. The maximum atomic E-state index is 15.2. The molecule has 0 radical (unpaired) electrons. The van der Waals surface area contributed by atoms with E-state index in [1.165, 1.54) is 34.9 Å². The van der Waals surface area contributed by atoms with Crippen LogP contribution in [0.3, 0.4) is 0 Å². The van der Waals surface area contributed by atoms with Gasteiger partial charge < -0.3 is 10.2 Å². The van der Waals surface area contributed by atoms with Crippen LogP contribution in [0.15, 0.2) is 48.5 Å². The van der Waals surface area contributed by atoms with Crippen LogP contribution in [0.5, 0.6) is 0 Å². The maximum absolute atomic E-state index is 15.2. The Bertz CT molecular complexity index is 1320. The van der Waals surface area contributed by atoms with Crippen LogP contribution in [-0.4, -0.2) is 66.0 Å². The number of anilines is 1. The van der Waals surface area contributed by atoms with Gasteiger partial charge in [0, 0.05) is 29.6 Å². The molecule has 38 heavy (non-hydrogen) atoms. The van der Waals surface area contributed by atoms with Crippen LogP contribution >= 0.6 is 11.8 Å². The molecular formula is C28H33F2N5O2S. The van der Waals surface area contributed by atoms with Crippen molar-refractivity contribution < 1.29 is 18.4 Å². The van der Waals surface area contributed by atoms with Crippen molar-refractivity contribution in [1.29, 1.82) is 0 Å². The smallest absolute Gasteiger partial charge is 0.240 e. The summed E-state index contributed by atoms with van der Waals surface area (Å²) in [5.74, 6) is -0.950. The highest BCUT2D eigenvalue weighted by atomic mass is 32.2. The Morgan fingerprint density at radius 1 is 1.13 bits per heavy atom. The number of hydrogen-bond donors (Lipinski definition) is 1. The summed E-state index contributed by atoms with van der Waals surface area (Å²) in [6, 6.07) is 12.3. The number of rotatable bonds is 7. The van der Waals surface area contributed by atoms with E-state index in [0.717, 1.165) is 0 Å². The highest BCUT2D eigenvalue weighted by Gasteiger charge is 2.40. The Kier molecular flexibility index (Phi) is 8.22. The van der Waals surface area contributed by atoms with Crippen molar-refractivity contribution in [1.82, 2.24) is 20.0 Å². The first-order chi connectivity index (χ1) is 18.0. The average Bonchev–Trinajstić information content (AvgIpc) is 3.18. The van der Waals surface area contributed by atoms with Gasteiger partial charge in [-0.05, 0) is 44.4 Å². The molecule has 1 aliphatic heterocycles. The van der Waals surface area contributed by atoms with E-state index in [0.29, 0.717) is 41.4 Å². The number of fused-ring (bicyclic) bond motifs is 1. The Labute approximate surface area is 226 Å². The molecule has 3 aromatic rings. The number of nitrogens with zero attached hydrogens (tertiary/aromatic N) is 4.